The third-order valence-electron chi connectivity index (χ3n) is 2.64. The van der Waals surface area contributed by atoms with Gasteiger partial charge in [-0.25, -0.2) is 14.0 Å². The van der Waals surface area contributed by atoms with Crippen LogP contribution in [-0.2, 0) is 4.74 Å². The molecule has 0 aliphatic rings. The number of nitrogens with zero attached hydrogens (tertiary/aromatic N) is 1. The van der Waals surface area contributed by atoms with Gasteiger partial charge in [0.15, 0.2) is 0 Å². The first-order valence-electron chi connectivity index (χ1n) is 6.07. The number of anilines is 1. The Morgan fingerprint density at radius 3 is 2.71 bits per heavy atom. The maximum absolute atomic E-state index is 13.0. The van der Waals surface area contributed by atoms with Gasteiger partial charge < -0.3 is 25.2 Å². The van der Waals surface area contributed by atoms with Gasteiger partial charge in [-0.3, -0.25) is 0 Å². The van der Waals surface area contributed by atoms with Crippen molar-refractivity contribution < 1.29 is 28.9 Å². The number of methoxy groups -OCH3 is 1. The number of carbonyl (C=O) groups excluding carboxylic acids is 1. The van der Waals surface area contributed by atoms with Gasteiger partial charge in [0.05, 0.1) is 30.5 Å². The zero-order valence-corrected chi connectivity index (χ0v) is 11.7. The molecule has 7 nitrogen and oxygen atoms in total. The monoisotopic (exact) mass is 300 g/mol. The number of urea groups is 1. The molecule has 8 heteroatoms. The van der Waals surface area contributed by atoms with Gasteiger partial charge >= 0.3 is 12.0 Å². The van der Waals surface area contributed by atoms with Gasteiger partial charge in [0, 0.05) is 14.2 Å². The minimum absolute atomic E-state index is 0.00325. The number of aliphatic hydroxyl groups excluding tert-OH is 1. The second-order valence-corrected chi connectivity index (χ2v) is 4.41. The van der Waals surface area contributed by atoms with E-state index in [9.17, 15) is 19.1 Å². The molecular formula is C13H17FN2O5. The lowest BCUT2D eigenvalue weighted by Gasteiger charge is -2.21. The maximum Gasteiger partial charge on any atom is 0.337 e. The van der Waals surface area contributed by atoms with Crippen molar-refractivity contribution in [3.05, 3.63) is 29.6 Å². The van der Waals surface area contributed by atoms with E-state index in [0.29, 0.717) is 0 Å². The maximum atomic E-state index is 13.0. The molecule has 1 unspecified atom stereocenters. The molecule has 1 aromatic carbocycles. The number of amides is 2. The summed E-state index contributed by atoms with van der Waals surface area (Å²) in [4.78, 5) is 24.1. The number of nitrogens with one attached hydrogen (secondary N) is 1. The van der Waals surface area contributed by atoms with Crippen LogP contribution in [0.1, 0.15) is 10.4 Å². The number of carbonyl (C=O) groups is 2. The Morgan fingerprint density at radius 1 is 1.48 bits per heavy atom. The normalized spacial score (nSPS) is 11.8. The molecule has 2 amide bonds. The molecule has 0 saturated heterocycles. The van der Waals surface area contributed by atoms with Crippen LogP contribution >= 0.6 is 0 Å². The van der Waals surface area contributed by atoms with Gasteiger partial charge in [-0.2, -0.15) is 0 Å². The molecule has 3 N–H and O–H groups in total. The second kappa shape index (κ2) is 7.55. The van der Waals surface area contributed by atoms with Crippen LogP contribution in [0.15, 0.2) is 18.2 Å². The smallest absolute Gasteiger partial charge is 0.337 e. The van der Waals surface area contributed by atoms with Gasteiger partial charge in [-0.15, -0.1) is 0 Å². The van der Waals surface area contributed by atoms with Crippen molar-refractivity contribution in [1.82, 2.24) is 4.90 Å². The number of hydrogen-bond acceptors (Lipinski definition) is 4. The molecule has 0 spiro atoms. The number of benzene rings is 1. The highest BCUT2D eigenvalue weighted by atomic mass is 19.1. The average Bonchev–Trinajstić information content (AvgIpc) is 2.40. The molecule has 0 radical (unpaired) electrons. The molecule has 116 valence electrons. The first kappa shape index (κ1) is 16.9. The highest BCUT2D eigenvalue weighted by Gasteiger charge is 2.17. The van der Waals surface area contributed by atoms with Crippen LogP contribution in [0.2, 0.25) is 0 Å². The number of hydrogen-bond donors (Lipinski definition) is 3. The van der Waals surface area contributed by atoms with E-state index < -0.39 is 23.9 Å². The van der Waals surface area contributed by atoms with Crippen molar-refractivity contribution in [2.75, 3.05) is 32.6 Å². The highest BCUT2D eigenvalue weighted by Crippen LogP contribution is 2.17. The topological polar surface area (TPSA) is 99.1 Å². The van der Waals surface area contributed by atoms with Crippen LogP contribution in [0.25, 0.3) is 0 Å². The first-order chi connectivity index (χ1) is 9.85. The lowest BCUT2D eigenvalue weighted by atomic mass is 10.1. The van der Waals surface area contributed by atoms with E-state index in [-0.39, 0.29) is 24.4 Å². The van der Waals surface area contributed by atoms with Gasteiger partial charge in [0.1, 0.15) is 5.82 Å². The SMILES string of the molecule is COCC(O)CN(C)C(=O)Nc1ccc(F)cc1C(=O)O. The number of carboxylic acids is 1. The summed E-state index contributed by atoms with van der Waals surface area (Å²) >= 11 is 0. The van der Waals surface area contributed by atoms with Gasteiger partial charge in [-0.1, -0.05) is 0 Å². The van der Waals surface area contributed by atoms with Crippen LogP contribution in [-0.4, -0.2) is 60.5 Å². The fraction of sp³-hybridized carbons (Fsp3) is 0.385. The molecule has 1 rings (SSSR count). The van der Waals surface area contributed by atoms with Crippen molar-refractivity contribution in [2.45, 2.75) is 6.10 Å². The highest BCUT2D eigenvalue weighted by molar-refractivity contribution is 5.99. The quantitative estimate of drug-likeness (QED) is 0.728. The van der Waals surface area contributed by atoms with Crippen molar-refractivity contribution >= 4 is 17.7 Å². The van der Waals surface area contributed by atoms with Crippen molar-refractivity contribution in [2.24, 2.45) is 0 Å². The summed E-state index contributed by atoms with van der Waals surface area (Å²) in [6, 6.07) is 2.40. The summed E-state index contributed by atoms with van der Waals surface area (Å²) in [6.45, 7) is 0.0673. The number of rotatable bonds is 6. The van der Waals surface area contributed by atoms with Crippen LogP contribution < -0.4 is 5.32 Å². The van der Waals surface area contributed by atoms with E-state index in [2.05, 4.69) is 5.32 Å². The summed E-state index contributed by atoms with van der Waals surface area (Å²) in [5, 5.41) is 20.8. The van der Waals surface area contributed by atoms with E-state index in [1.165, 1.54) is 19.1 Å². The summed E-state index contributed by atoms with van der Waals surface area (Å²) < 4.78 is 17.8. The predicted molar refractivity (Wildman–Crippen MR) is 72.9 cm³/mol. The molecule has 0 saturated carbocycles. The lowest BCUT2D eigenvalue weighted by molar-refractivity contribution is 0.0501. The van der Waals surface area contributed by atoms with Crippen molar-refractivity contribution in [3.8, 4) is 0 Å². The van der Waals surface area contributed by atoms with Crippen LogP contribution in [0, 0.1) is 5.82 Å². The standard InChI is InChI=1S/C13H17FN2O5/c1-16(6-9(17)7-21-2)13(20)15-11-4-3-8(14)5-10(11)12(18)19/h3-5,9,17H,6-7H2,1-2H3,(H,15,20)(H,18,19). The molecule has 0 aliphatic carbocycles. The number of halogens is 1. The van der Waals surface area contributed by atoms with Crippen molar-refractivity contribution in [3.63, 3.8) is 0 Å². The molecule has 0 aromatic heterocycles. The largest absolute Gasteiger partial charge is 0.478 e. The Balaban J connectivity index is 2.76. The van der Waals surface area contributed by atoms with Crippen LogP contribution in [0.3, 0.4) is 0 Å². The van der Waals surface area contributed by atoms with E-state index in [1.807, 2.05) is 0 Å². The third kappa shape index (κ3) is 5.01. The summed E-state index contributed by atoms with van der Waals surface area (Å²) in [7, 11) is 2.85. The van der Waals surface area contributed by atoms with Gasteiger partial charge in [0.2, 0.25) is 0 Å². The van der Waals surface area contributed by atoms with Gasteiger partial charge in [0.25, 0.3) is 0 Å². The molecule has 21 heavy (non-hydrogen) atoms. The number of aliphatic hydroxyl groups is 1. The summed E-state index contributed by atoms with van der Waals surface area (Å²) in [5.74, 6) is -2.07. The summed E-state index contributed by atoms with van der Waals surface area (Å²) in [5.41, 5.74) is -0.379. The Bertz CT molecular complexity index is 523. The molecule has 0 bridgehead atoms. The number of ether oxygens (including phenoxy) is 1. The lowest BCUT2D eigenvalue weighted by Crippen LogP contribution is -2.39. The Hall–Kier alpha value is -2.19. The Labute approximate surface area is 120 Å². The van der Waals surface area contributed by atoms with E-state index in [1.54, 1.807) is 0 Å². The number of carboxylic acid groups (broad SMARTS) is 1. The minimum Gasteiger partial charge on any atom is -0.478 e. The zero-order chi connectivity index (χ0) is 16.0. The average molecular weight is 300 g/mol. The van der Waals surface area contributed by atoms with E-state index in [4.69, 9.17) is 9.84 Å². The number of likely N-dealkylation sites (N-methyl/N-ethyl adjacent to an activating group) is 1. The van der Waals surface area contributed by atoms with Crippen LogP contribution in [0.5, 0.6) is 0 Å². The Morgan fingerprint density at radius 2 is 2.14 bits per heavy atom. The molecule has 1 aromatic rings. The third-order valence-corrected chi connectivity index (χ3v) is 2.64. The minimum atomic E-state index is -1.35. The van der Waals surface area contributed by atoms with Crippen molar-refractivity contribution in [1.29, 1.82) is 0 Å². The predicted octanol–water partition coefficient (Wildman–Crippen LogP) is 0.995. The van der Waals surface area contributed by atoms with E-state index in [0.717, 1.165) is 18.2 Å². The Kier molecular flexibility index (Phi) is 6.07. The fourth-order valence-corrected chi connectivity index (χ4v) is 1.66. The van der Waals surface area contributed by atoms with Gasteiger partial charge in [-0.05, 0) is 18.2 Å². The fourth-order valence-electron chi connectivity index (χ4n) is 1.66. The molecule has 0 heterocycles. The second-order valence-electron chi connectivity index (χ2n) is 4.41. The molecular weight excluding hydrogens is 283 g/mol. The first-order valence-corrected chi connectivity index (χ1v) is 6.07. The van der Waals surface area contributed by atoms with E-state index >= 15 is 0 Å². The summed E-state index contributed by atoms with van der Waals surface area (Å²) in [6.07, 6.45) is -0.863. The molecule has 0 fully saturated rings. The molecule has 0 aliphatic heterocycles. The number of aromatic carboxylic acids is 1. The zero-order valence-electron chi connectivity index (χ0n) is 11.7. The molecule has 1 atom stereocenters. The van der Waals surface area contributed by atoms with Crippen LogP contribution in [0.4, 0.5) is 14.9 Å².